The van der Waals surface area contributed by atoms with Crippen LogP contribution in [0.2, 0.25) is 0 Å². The van der Waals surface area contributed by atoms with E-state index in [9.17, 15) is 43.2 Å². The summed E-state index contributed by atoms with van der Waals surface area (Å²) in [5.74, 6) is 0.206. The molecule has 0 aliphatic heterocycles. The first-order chi connectivity index (χ1) is 47.3. The first-order valence-electron chi connectivity index (χ1n) is 40.2. The summed E-state index contributed by atoms with van der Waals surface area (Å²) in [4.78, 5) is 72.9. The van der Waals surface area contributed by atoms with Crippen molar-refractivity contribution >= 4 is 39.5 Å². The number of esters is 4. The largest absolute Gasteiger partial charge is 0.472 e. The van der Waals surface area contributed by atoms with Crippen LogP contribution in [0.4, 0.5) is 0 Å². The van der Waals surface area contributed by atoms with Crippen LogP contribution in [0.5, 0.6) is 0 Å². The number of carbonyl (C=O) groups is 4. The number of phosphoric acid groups is 2. The molecule has 0 amide bonds. The lowest BCUT2D eigenvalue weighted by atomic mass is 9.99. The van der Waals surface area contributed by atoms with Gasteiger partial charge in [0.25, 0.3) is 0 Å². The fraction of sp³-hybridized carbons (Fsp3) is 0.899. The summed E-state index contributed by atoms with van der Waals surface area (Å²) < 4.78 is 68.6. The maximum atomic E-state index is 13.1. The lowest BCUT2D eigenvalue weighted by Gasteiger charge is -2.21. The Hall–Kier alpha value is -2.46. The van der Waals surface area contributed by atoms with Crippen LogP contribution in [0.15, 0.2) is 24.3 Å². The number of phosphoric ester groups is 2. The van der Waals surface area contributed by atoms with Crippen LogP contribution in [0.1, 0.15) is 382 Å². The second kappa shape index (κ2) is 68.9. The van der Waals surface area contributed by atoms with Crippen LogP contribution in [0, 0.1) is 17.8 Å². The third-order valence-corrected chi connectivity index (χ3v) is 20.4. The van der Waals surface area contributed by atoms with Crippen molar-refractivity contribution in [2.24, 2.45) is 17.8 Å². The number of hydrogen-bond acceptors (Lipinski definition) is 15. The fourth-order valence-electron chi connectivity index (χ4n) is 11.5. The molecule has 0 aromatic carbocycles. The maximum Gasteiger partial charge on any atom is 0.472 e. The Morgan fingerprint density at radius 3 is 0.908 bits per heavy atom. The number of hydrogen-bond donors (Lipinski definition) is 3. The lowest BCUT2D eigenvalue weighted by molar-refractivity contribution is -0.161. The molecule has 0 rings (SSSR count). The molecular weight excluding hydrogens is 1280 g/mol. The van der Waals surface area contributed by atoms with Gasteiger partial charge in [-0.05, 0) is 69.1 Å². The Bertz CT molecular complexity index is 2000. The molecule has 7 atom stereocenters. The summed E-state index contributed by atoms with van der Waals surface area (Å²) in [5, 5.41) is 10.6. The van der Waals surface area contributed by atoms with E-state index in [1.165, 1.54) is 173 Å². The van der Waals surface area contributed by atoms with Crippen molar-refractivity contribution in [2.45, 2.75) is 401 Å². The predicted octanol–water partition coefficient (Wildman–Crippen LogP) is 22.9. The van der Waals surface area contributed by atoms with Gasteiger partial charge in [0.15, 0.2) is 12.2 Å². The minimum absolute atomic E-state index is 0.0839. The van der Waals surface area contributed by atoms with E-state index in [2.05, 4.69) is 72.8 Å². The molecule has 0 spiro atoms. The summed E-state index contributed by atoms with van der Waals surface area (Å²) in [6, 6.07) is 0. The van der Waals surface area contributed by atoms with E-state index in [1.807, 2.05) is 0 Å². The molecular formula is C79H150O17P2. The third-order valence-electron chi connectivity index (χ3n) is 18.5. The van der Waals surface area contributed by atoms with Crippen LogP contribution in [0.25, 0.3) is 0 Å². The van der Waals surface area contributed by atoms with Gasteiger partial charge in [-0.2, -0.15) is 0 Å². The van der Waals surface area contributed by atoms with Crippen molar-refractivity contribution < 1.29 is 80.2 Å². The van der Waals surface area contributed by atoms with Gasteiger partial charge < -0.3 is 33.8 Å². The van der Waals surface area contributed by atoms with E-state index in [1.54, 1.807) is 0 Å². The Morgan fingerprint density at radius 1 is 0.337 bits per heavy atom. The molecule has 0 aliphatic carbocycles. The van der Waals surface area contributed by atoms with Crippen molar-refractivity contribution in [3.63, 3.8) is 0 Å². The van der Waals surface area contributed by atoms with Gasteiger partial charge in [0.1, 0.15) is 19.3 Å². The average molecular weight is 1430 g/mol. The molecule has 0 saturated heterocycles. The zero-order valence-corrected chi connectivity index (χ0v) is 65.5. The van der Waals surface area contributed by atoms with Crippen LogP contribution < -0.4 is 0 Å². The zero-order valence-electron chi connectivity index (χ0n) is 63.7. The van der Waals surface area contributed by atoms with Gasteiger partial charge in [0.2, 0.25) is 0 Å². The molecule has 578 valence electrons. The monoisotopic (exact) mass is 1430 g/mol. The Labute approximate surface area is 599 Å². The highest BCUT2D eigenvalue weighted by Crippen LogP contribution is 2.45. The van der Waals surface area contributed by atoms with E-state index in [4.69, 9.17) is 37.0 Å². The lowest BCUT2D eigenvalue weighted by Crippen LogP contribution is -2.30. The molecule has 4 unspecified atom stereocenters. The van der Waals surface area contributed by atoms with Crippen molar-refractivity contribution in [1.82, 2.24) is 0 Å². The van der Waals surface area contributed by atoms with Crippen molar-refractivity contribution in [3.8, 4) is 0 Å². The molecule has 0 saturated carbocycles. The molecule has 19 heteroatoms. The molecule has 0 fully saturated rings. The normalized spacial score (nSPS) is 14.7. The number of rotatable bonds is 75. The first kappa shape index (κ1) is 95.5. The number of ether oxygens (including phenoxy) is 4. The van der Waals surface area contributed by atoms with Gasteiger partial charge in [-0.3, -0.25) is 37.3 Å². The number of carbonyl (C=O) groups excluding carboxylic acids is 4. The molecule has 17 nitrogen and oxygen atoms in total. The molecule has 3 N–H and O–H groups in total. The quantitative estimate of drug-likeness (QED) is 0.0169. The van der Waals surface area contributed by atoms with Gasteiger partial charge in [-0.25, -0.2) is 9.13 Å². The van der Waals surface area contributed by atoms with Crippen molar-refractivity contribution in [3.05, 3.63) is 24.3 Å². The highest BCUT2D eigenvalue weighted by Gasteiger charge is 2.30. The first-order valence-corrected chi connectivity index (χ1v) is 43.2. The Morgan fingerprint density at radius 2 is 0.602 bits per heavy atom. The van der Waals surface area contributed by atoms with Crippen LogP contribution >= 0.6 is 15.6 Å². The van der Waals surface area contributed by atoms with Gasteiger partial charge in [-0.1, -0.05) is 330 Å². The van der Waals surface area contributed by atoms with Crippen molar-refractivity contribution in [2.75, 3.05) is 39.6 Å². The van der Waals surface area contributed by atoms with Crippen LogP contribution in [-0.4, -0.2) is 96.7 Å². The molecule has 0 aliphatic rings. The molecule has 0 radical (unpaired) electrons. The van der Waals surface area contributed by atoms with Gasteiger partial charge >= 0.3 is 39.5 Å². The standard InChI is InChI=1S/C79H150O17P2/c1-8-11-12-13-14-15-16-17-18-23-29-34-39-48-55-62-79(84)96-75(67-90-77(82)61-54-47-42-41-45-52-59-72(7)10-3)69-94-98(87,88)92-65-73(80)64-91-97(85,86)93-68-74(95-78(83)63-56-49-40-35-30-25-24-26-31-36-43-50-57-70(4)5)66-89-76(81)60-53-46-38-33-28-22-20-19-21-27-32-37-44-51-58-71(6)9-2/h15-18,70-75,80H,8-14,19-69H2,1-7H3,(H,85,86)(H,87,88)/b16-15-,18-17-/t71?,72?,73-,74-,75-/m1/s1. The summed E-state index contributed by atoms with van der Waals surface area (Å²) in [6.45, 7) is 11.9. The second-order valence-corrected chi connectivity index (χ2v) is 31.6. The van der Waals surface area contributed by atoms with E-state index in [-0.39, 0.29) is 25.7 Å². The molecule has 0 heterocycles. The Kier molecular flexibility index (Phi) is 67.2. The summed E-state index contributed by atoms with van der Waals surface area (Å²) in [6.07, 6.45) is 59.0. The summed E-state index contributed by atoms with van der Waals surface area (Å²) in [5.41, 5.74) is 0. The SMILES string of the molecule is CCCCCC/C=C\C=C/CCCCCCCC(=O)O[C@H](COC(=O)CCCCCCCCC(C)CC)COP(=O)(O)OC[C@H](O)COP(=O)(O)OC[C@@H](COC(=O)CCCCCCCCCCCCCCCCC(C)CC)OC(=O)CCCCCCCCCCCCCCC(C)C. The fourth-order valence-corrected chi connectivity index (χ4v) is 13.1. The minimum atomic E-state index is -4.97. The highest BCUT2D eigenvalue weighted by atomic mass is 31.2. The number of unbranched alkanes of at least 4 members (excludes halogenated alkanes) is 38. The van der Waals surface area contributed by atoms with E-state index >= 15 is 0 Å². The van der Waals surface area contributed by atoms with Crippen LogP contribution in [-0.2, 0) is 65.4 Å². The van der Waals surface area contributed by atoms with Gasteiger partial charge in [0, 0.05) is 25.7 Å². The molecule has 98 heavy (non-hydrogen) atoms. The zero-order chi connectivity index (χ0) is 72.3. The minimum Gasteiger partial charge on any atom is -0.462 e. The predicted molar refractivity (Wildman–Crippen MR) is 400 cm³/mol. The summed E-state index contributed by atoms with van der Waals surface area (Å²) in [7, 11) is -9.93. The maximum absolute atomic E-state index is 13.1. The van der Waals surface area contributed by atoms with Gasteiger partial charge in [-0.15, -0.1) is 0 Å². The van der Waals surface area contributed by atoms with Crippen molar-refractivity contribution in [1.29, 1.82) is 0 Å². The van der Waals surface area contributed by atoms with E-state index in [0.717, 1.165) is 127 Å². The highest BCUT2D eigenvalue weighted by molar-refractivity contribution is 7.47. The Balaban J connectivity index is 5.28. The number of aliphatic hydroxyl groups is 1. The topological polar surface area (TPSA) is 237 Å². The second-order valence-electron chi connectivity index (χ2n) is 28.7. The number of allylic oxidation sites excluding steroid dienone is 4. The third kappa shape index (κ3) is 69.3. The molecule has 0 aromatic heterocycles. The molecule has 0 aromatic rings. The van der Waals surface area contributed by atoms with Crippen LogP contribution in [0.3, 0.4) is 0 Å². The van der Waals surface area contributed by atoms with Gasteiger partial charge in [0.05, 0.1) is 26.4 Å². The average Bonchev–Trinajstić information content (AvgIpc) is 1.05. The van der Waals surface area contributed by atoms with E-state index < -0.39 is 97.5 Å². The smallest absolute Gasteiger partial charge is 0.462 e. The summed E-state index contributed by atoms with van der Waals surface area (Å²) >= 11 is 0. The number of aliphatic hydroxyl groups excluding tert-OH is 1. The van der Waals surface area contributed by atoms with E-state index in [0.29, 0.717) is 25.7 Å². The molecule has 0 bridgehead atoms.